The third kappa shape index (κ3) is 16.8. The summed E-state index contributed by atoms with van der Waals surface area (Å²) in [7, 11) is -3.52. The second-order valence-corrected chi connectivity index (χ2v) is 10.5. The normalized spacial score (nSPS) is 11.7. The van der Waals surface area contributed by atoms with Gasteiger partial charge in [0.25, 0.3) is 5.91 Å². The topological polar surface area (TPSA) is 75.3 Å². The molecule has 0 radical (unpaired) electrons. The van der Waals surface area contributed by atoms with Crippen LogP contribution in [0.15, 0.2) is 30.3 Å². The largest absolute Gasteiger partial charge is 0.385 e. The Kier molecular flexibility index (Phi) is 15.6. The summed E-state index contributed by atoms with van der Waals surface area (Å²) in [5.41, 5.74) is 1.90. The third-order valence-corrected chi connectivity index (χ3v) is 6.06. The first-order chi connectivity index (χ1) is 15.4. The van der Waals surface area contributed by atoms with Gasteiger partial charge < -0.3 is 5.32 Å². The van der Waals surface area contributed by atoms with Gasteiger partial charge in [-0.3, -0.25) is 4.79 Å². The molecule has 0 atom stereocenters. The molecule has 2 N–H and O–H groups in total. The molecule has 0 aliphatic carbocycles. The molecule has 0 aromatic heterocycles. The number of carbonyl (C=O) groups is 1. The highest BCUT2D eigenvalue weighted by molar-refractivity contribution is 7.89. The maximum absolute atomic E-state index is 11.5. The van der Waals surface area contributed by atoms with Gasteiger partial charge in [0, 0.05) is 18.3 Å². The molecule has 0 spiro atoms. The average molecular weight is 465 g/mol. The second kappa shape index (κ2) is 17.7. The van der Waals surface area contributed by atoms with Gasteiger partial charge in [0.1, 0.15) is 0 Å². The Morgan fingerprint density at radius 1 is 0.781 bits per heavy atom. The van der Waals surface area contributed by atoms with E-state index in [-0.39, 0.29) is 0 Å². The van der Waals surface area contributed by atoms with E-state index in [1.54, 1.807) is 6.08 Å². The van der Waals surface area contributed by atoms with E-state index in [1.165, 1.54) is 96.0 Å². The summed E-state index contributed by atoms with van der Waals surface area (Å²) >= 11 is 0. The van der Waals surface area contributed by atoms with Crippen molar-refractivity contribution in [3.8, 4) is 0 Å². The van der Waals surface area contributed by atoms with Gasteiger partial charge in [-0.1, -0.05) is 103 Å². The van der Waals surface area contributed by atoms with Crippen molar-refractivity contribution in [2.45, 2.75) is 96.8 Å². The van der Waals surface area contributed by atoms with E-state index in [9.17, 15) is 13.2 Å². The number of carbonyl (C=O) groups excluding carboxylic acids is 1. The van der Waals surface area contributed by atoms with E-state index < -0.39 is 15.9 Å². The summed E-state index contributed by atoms with van der Waals surface area (Å²) in [6.45, 7) is 3.23. The van der Waals surface area contributed by atoms with Crippen LogP contribution in [0.1, 0.15) is 102 Å². The van der Waals surface area contributed by atoms with Crippen molar-refractivity contribution < 1.29 is 13.2 Å². The fourth-order valence-corrected chi connectivity index (χ4v) is 4.09. The molecular weight excluding hydrogens is 420 g/mol. The highest BCUT2D eigenvalue weighted by Gasteiger charge is 2.04. The first kappa shape index (κ1) is 28.2. The molecule has 0 aliphatic heterocycles. The Hall–Kier alpha value is -1.82. The summed E-state index contributed by atoms with van der Waals surface area (Å²) in [4.78, 5) is 11.5. The molecule has 6 heteroatoms. The van der Waals surface area contributed by atoms with Crippen LogP contribution < -0.4 is 10.0 Å². The van der Waals surface area contributed by atoms with Crippen LogP contribution >= 0.6 is 0 Å². The van der Waals surface area contributed by atoms with Crippen molar-refractivity contribution in [3.05, 3.63) is 35.9 Å². The minimum Gasteiger partial charge on any atom is -0.385 e. The Balaban J connectivity index is 1.99. The molecule has 32 heavy (non-hydrogen) atoms. The van der Waals surface area contributed by atoms with E-state index in [0.717, 1.165) is 24.1 Å². The van der Waals surface area contributed by atoms with Gasteiger partial charge in [0.2, 0.25) is 10.0 Å². The van der Waals surface area contributed by atoms with Crippen molar-refractivity contribution in [2.75, 3.05) is 18.1 Å². The molecule has 0 bridgehead atoms. The fraction of sp³-hybridized carbons (Fsp3) is 0.654. The lowest BCUT2D eigenvalue weighted by molar-refractivity contribution is -0.114. The SMILES string of the molecule is CCCCCCCCCCCCCCCCNc1ccc(C=CC(=O)NS(C)(=O)=O)cc1. The maximum Gasteiger partial charge on any atom is 0.257 e. The minimum absolute atomic E-state index is 0.646. The Morgan fingerprint density at radius 3 is 1.72 bits per heavy atom. The zero-order chi connectivity index (χ0) is 23.5. The number of hydrogen-bond donors (Lipinski definition) is 2. The van der Waals surface area contributed by atoms with Crippen LogP contribution in [-0.4, -0.2) is 27.1 Å². The van der Waals surface area contributed by atoms with Gasteiger partial charge >= 0.3 is 0 Å². The molecular formula is C26H44N2O3S. The van der Waals surface area contributed by atoms with Gasteiger partial charge in [-0.25, -0.2) is 13.1 Å². The van der Waals surface area contributed by atoms with Crippen LogP contribution in [0.4, 0.5) is 5.69 Å². The molecule has 0 saturated carbocycles. The van der Waals surface area contributed by atoms with Crippen molar-refractivity contribution in [2.24, 2.45) is 0 Å². The highest BCUT2D eigenvalue weighted by atomic mass is 32.2. The van der Waals surface area contributed by atoms with Gasteiger partial charge in [-0.15, -0.1) is 0 Å². The van der Waals surface area contributed by atoms with Crippen molar-refractivity contribution in [1.29, 1.82) is 0 Å². The van der Waals surface area contributed by atoms with Crippen LogP contribution in [0.5, 0.6) is 0 Å². The molecule has 0 aliphatic rings. The predicted molar refractivity (Wildman–Crippen MR) is 137 cm³/mol. The molecule has 1 rings (SSSR count). The Morgan fingerprint density at radius 2 is 1.25 bits per heavy atom. The standard InChI is InChI=1S/C26H44N2O3S/c1-3-4-5-6-7-8-9-10-11-12-13-14-15-16-23-27-25-20-17-24(18-21-25)19-22-26(29)28-32(2,30)31/h17-22,27H,3-16,23H2,1-2H3,(H,28,29). The van der Waals surface area contributed by atoms with Crippen LogP contribution in [0, 0.1) is 0 Å². The number of nitrogens with one attached hydrogen (secondary N) is 2. The minimum atomic E-state index is -3.52. The quantitative estimate of drug-likeness (QED) is 0.177. The second-order valence-electron chi connectivity index (χ2n) is 8.72. The molecule has 0 fully saturated rings. The summed E-state index contributed by atoms with van der Waals surface area (Å²) in [5.74, 6) is -0.646. The lowest BCUT2D eigenvalue weighted by Gasteiger charge is -2.07. The van der Waals surface area contributed by atoms with Crippen molar-refractivity contribution >= 4 is 27.7 Å². The average Bonchev–Trinajstić information content (AvgIpc) is 2.74. The lowest BCUT2D eigenvalue weighted by Crippen LogP contribution is -2.27. The number of unbranched alkanes of at least 4 members (excludes halogenated alkanes) is 13. The first-order valence-corrected chi connectivity index (χ1v) is 14.3. The van der Waals surface area contributed by atoms with Crippen molar-refractivity contribution in [1.82, 2.24) is 4.72 Å². The number of benzene rings is 1. The molecule has 1 aromatic rings. The van der Waals surface area contributed by atoms with Crippen LogP contribution in [0.25, 0.3) is 6.08 Å². The van der Waals surface area contributed by atoms with Crippen LogP contribution in [-0.2, 0) is 14.8 Å². The first-order valence-electron chi connectivity index (χ1n) is 12.4. The summed E-state index contributed by atoms with van der Waals surface area (Å²) in [6.07, 6.45) is 22.9. The van der Waals surface area contributed by atoms with Crippen LogP contribution in [0.3, 0.4) is 0 Å². The molecule has 182 valence electrons. The summed E-state index contributed by atoms with van der Waals surface area (Å²) < 4.78 is 23.9. The Bertz CT molecular complexity index is 743. The number of rotatable bonds is 19. The van der Waals surface area contributed by atoms with E-state index in [2.05, 4.69) is 12.2 Å². The van der Waals surface area contributed by atoms with E-state index in [0.29, 0.717) is 0 Å². The zero-order valence-corrected chi connectivity index (χ0v) is 21.0. The molecule has 1 aromatic carbocycles. The predicted octanol–water partition coefficient (Wildman–Crippen LogP) is 6.67. The van der Waals surface area contributed by atoms with Gasteiger partial charge in [0.15, 0.2) is 0 Å². The molecule has 5 nitrogen and oxygen atoms in total. The van der Waals surface area contributed by atoms with E-state index in [4.69, 9.17) is 0 Å². The maximum atomic E-state index is 11.5. The number of anilines is 1. The molecule has 0 saturated heterocycles. The highest BCUT2D eigenvalue weighted by Crippen LogP contribution is 2.14. The Labute approximate surface area is 196 Å². The van der Waals surface area contributed by atoms with Gasteiger partial charge in [-0.2, -0.15) is 0 Å². The number of sulfonamides is 1. The molecule has 0 unspecified atom stereocenters. The summed E-state index contributed by atoms with van der Waals surface area (Å²) in [6, 6.07) is 7.74. The monoisotopic (exact) mass is 464 g/mol. The number of amides is 1. The zero-order valence-electron chi connectivity index (χ0n) is 20.2. The lowest BCUT2D eigenvalue weighted by atomic mass is 10.0. The smallest absolute Gasteiger partial charge is 0.257 e. The van der Waals surface area contributed by atoms with Crippen LogP contribution in [0.2, 0.25) is 0 Å². The number of hydrogen-bond acceptors (Lipinski definition) is 4. The summed E-state index contributed by atoms with van der Waals surface area (Å²) in [5, 5.41) is 3.43. The van der Waals surface area contributed by atoms with Gasteiger partial charge in [-0.05, 0) is 30.2 Å². The van der Waals surface area contributed by atoms with Gasteiger partial charge in [0.05, 0.1) is 6.26 Å². The molecule has 1 amide bonds. The van der Waals surface area contributed by atoms with Crippen molar-refractivity contribution in [3.63, 3.8) is 0 Å². The van der Waals surface area contributed by atoms with E-state index in [1.807, 2.05) is 29.0 Å². The fourth-order valence-electron chi connectivity index (χ4n) is 3.65. The third-order valence-electron chi connectivity index (χ3n) is 5.48. The van der Waals surface area contributed by atoms with E-state index >= 15 is 0 Å². The molecule has 0 heterocycles.